The summed E-state index contributed by atoms with van der Waals surface area (Å²) in [5, 5.41) is 11.9. The van der Waals surface area contributed by atoms with Crippen molar-refractivity contribution in [2.75, 3.05) is 6.61 Å². The Morgan fingerprint density at radius 2 is 1.94 bits per heavy atom. The summed E-state index contributed by atoms with van der Waals surface area (Å²) in [6, 6.07) is 0.0814. The second-order valence-corrected chi connectivity index (χ2v) is 5.16. The van der Waals surface area contributed by atoms with Crippen molar-refractivity contribution in [2.45, 2.75) is 31.7 Å². The Bertz CT molecular complexity index is 341. The molecule has 0 heterocycles. The van der Waals surface area contributed by atoms with Gasteiger partial charge in [-0.1, -0.05) is 12.7 Å². The SMILES string of the molecule is C=CCOC(=O)NC1C2CCC1CC(C(=O)O)C2. The number of carboxylic acid groups (broad SMARTS) is 1. The molecule has 2 aliphatic carbocycles. The van der Waals surface area contributed by atoms with Gasteiger partial charge in [-0.3, -0.25) is 4.79 Å². The van der Waals surface area contributed by atoms with Crippen LogP contribution < -0.4 is 5.32 Å². The van der Waals surface area contributed by atoms with E-state index in [4.69, 9.17) is 9.84 Å². The first-order valence-corrected chi connectivity index (χ1v) is 6.38. The first kappa shape index (κ1) is 12.9. The van der Waals surface area contributed by atoms with Gasteiger partial charge in [0.05, 0.1) is 5.92 Å². The molecule has 0 aromatic rings. The Morgan fingerprint density at radius 1 is 1.33 bits per heavy atom. The first-order chi connectivity index (χ1) is 8.61. The molecule has 18 heavy (non-hydrogen) atoms. The van der Waals surface area contributed by atoms with E-state index in [1.807, 2.05) is 0 Å². The molecular weight excluding hydrogens is 234 g/mol. The molecule has 2 fully saturated rings. The molecular formula is C13H19NO4. The lowest BCUT2D eigenvalue weighted by molar-refractivity contribution is -0.143. The van der Waals surface area contributed by atoms with Crippen LogP contribution >= 0.6 is 0 Å². The molecule has 0 aromatic heterocycles. The largest absolute Gasteiger partial charge is 0.481 e. The second kappa shape index (κ2) is 5.42. The number of amides is 1. The zero-order valence-corrected chi connectivity index (χ0v) is 10.3. The topological polar surface area (TPSA) is 75.6 Å². The molecule has 0 radical (unpaired) electrons. The Morgan fingerprint density at radius 3 is 2.44 bits per heavy atom. The van der Waals surface area contributed by atoms with Crippen LogP contribution in [0.3, 0.4) is 0 Å². The van der Waals surface area contributed by atoms with E-state index in [9.17, 15) is 9.59 Å². The summed E-state index contributed by atoms with van der Waals surface area (Å²) >= 11 is 0. The lowest BCUT2D eigenvalue weighted by atomic mass is 9.77. The molecule has 0 spiro atoms. The van der Waals surface area contributed by atoms with Crippen molar-refractivity contribution in [2.24, 2.45) is 17.8 Å². The second-order valence-electron chi connectivity index (χ2n) is 5.16. The molecule has 2 N–H and O–H groups in total. The number of hydrogen-bond acceptors (Lipinski definition) is 3. The van der Waals surface area contributed by atoms with E-state index in [0.717, 1.165) is 12.8 Å². The molecule has 2 unspecified atom stereocenters. The summed E-state index contributed by atoms with van der Waals surface area (Å²) in [4.78, 5) is 22.5. The average molecular weight is 253 g/mol. The minimum Gasteiger partial charge on any atom is -0.481 e. The third-order valence-corrected chi connectivity index (χ3v) is 4.06. The molecule has 2 saturated carbocycles. The van der Waals surface area contributed by atoms with E-state index < -0.39 is 12.1 Å². The van der Waals surface area contributed by atoms with Crippen molar-refractivity contribution < 1.29 is 19.4 Å². The number of carbonyl (C=O) groups is 2. The van der Waals surface area contributed by atoms with Crippen LogP contribution in [0.2, 0.25) is 0 Å². The van der Waals surface area contributed by atoms with Crippen LogP contribution in [0.25, 0.3) is 0 Å². The molecule has 2 aliphatic rings. The normalized spacial score (nSPS) is 33.8. The fraction of sp³-hybridized carbons (Fsp3) is 0.692. The number of ether oxygens (including phenoxy) is 1. The van der Waals surface area contributed by atoms with Gasteiger partial charge in [0.25, 0.3) is 0 Å². The highest BCUT2D eigenvalue weighted by Gasteiger charge is 2.45. The standard InChI is InChI=1S/C13H19NO4/c1-2-5-18-13(17)14-11-8-3-4-9(11)7-10(6-8)12(15)16/h2,8-11H,1,3-7H2,(H,14,17)(H,15,16). The molecule has 5 nitrogen and oxygen atoms in total. The molecule has 1 amide bonds. The highest BCUT2D eigenvalue weighted by molar-refractivity contribution is 5.71. The van der Waals surface area contributed by atoms with Crippen LogP contribution in [0, 0.1) is 17.8 Å². The average Bonchev–Trinajstić information content (AvgIpc) is 2.58. The van der Waals surface area contributed by atoms with Crippen LogP contribution in [0.1, 0.15) is 25.7 Å². The molecule has 0 saturated heterocycles. The van der Waals surface area contributed by atoms with Crippen molar-refractivity contribution >= 4 is 12.1 Å². The van der Waals surface area contributed by atoms with Gasteiger partial charge in [0.15, 0.2) is 0 Å². The minimum absolute atomic E-state index is 0.0814. The van der Waals surface area contributed by atoms with Crippen molar-refractivity contribution in [1.29, 1.82) is 0 Å². The number of aliphatic carboxylic acids is 1. The van der Waals surface area contributed by atoms with Crippen molar-refractivity contribution in [3.05, 3.63) is 12.7 Å². The van der Waals surface area contributed by atoms with Crippen LogP contribution in [-0.2, 0) is 9.53 Å². The predicted molar refractivity (Wildman–Crippen MR) is 65.0 cm³/mol. The predicted octanol–water partition coefficient (Wildman–Crippen LogP) is 1.79. The van der Waals surface area contributed by atoms with Gasteiger partial charge in [0.2, 0.25) is 0 Å². The fourth-order valence-electron chi connectivity index (χ4n) is 3.28. The molecule has 5 heteroatoms. The number of alkyl carbamates (subject to hydrolysis) is 1. The van der Waals surface area contributed by atoms with Gasteiger partial charge in [0, 0.05) is 6.04 Å². The van der Waals surface area contributed by atoms with Crippen molar-refractivity contribution in [3.8, 4) is 0 Å². The first-order valence-electron chi connectivity index (χ1n) is 6.38. The maximum Gasteiger partial charge on any atom is 0.407 e. The molecule has 2 atom stereocenters. The molecule has 0 aliphatic heterocycles. The lowest BCUT2D eigenvalue weighted by Crippen LogP contribution is -2.46. The van der Waals surface area contributed by atoms with Crippen LogP contribution in [-0.4, -0.2) is 29.8 Å². The van der Waals surface area contributed by atoms with E-state index in [1.54, 1.807) is 0 Å². The summed E-state index contributed by atoms with van der Waals surface area (Å²) in [5.74, 6) is -0.397. The maximum atomic E-state index is 11.5. The summed E-state index contributed by atoms with van der Waals surface area (Å²) in [7, 11) is 0. The highest BCUT2D eigenvalue weighted by atomic mass is 16.5. The lowest BCUT2D eigenvalue weighted by Gasteiger charge is -2.33. The number of carbonyl (C=O) groups excluding carboxylic acids is 1. The zero-order chi connectivity index (χ0) is 13.1. The minimum atomic E-state index is -0.709. The number of carboxylic acids is 1. The van der Waals surface area contributed by atoms with Gasteiger partial charge in [-0.25, -0.2) is 4.79 Å². The Hall–Kier alpha value is -1.52. The number of rotatable bonds is 4. The third-order valence-electron chi connectivity index (χ3n) is 4.06. The molecule has 2 bridgehead atoms. The molecule has 100 valence electrons. The monoisotopic (exact) mass is 253 g/mol. The van der Waals surface area contributed by atoms with Crippen molar-refractivity contribution in [1.82, 2.24) is 5.32 Å². The van der Waals surface area contributed by atoms with Crippen LogP contribution in [0.15, 0.2) is 12.7 Å². The van der Waals surface area contributed by atoms with E-state index >= 15 is 0 Å². The fourth-order valence-corrected chi connectivity index (χ4v) is 3.28. The number of fused-ring (bicyclic) bond motifs is 2. The van der Waals surface area contributed by atoms with E-state index in [2.05, 4.69) is 11.9 Å². The van der Waals surface area contributed by atoms with Gasteiger partial charge in [0.1, 0.15) is 6.61 Å². The summed E-state index contributed by atoms with van der Waals surface area (Å²) in [6.07, 6.45) is 4.43. The quantitative estimate of drug-likeness (QED) is 0.749. The van der Waals surface area contributed by atoms with Gasteiger partial charge in [-0.05, 0) is 37.5 Å². The summed E-state index contributed by atoms with van der Waals surface area (Å²) in [6.45, 7) is 3.68. The van der Waals surface area contributed by atoms with Crippen LogP contribution in [0.4, 0.5) is 4.79 Å². The Balaban J connectivity index is 1.90. The van der Waals surface area contributed by atoms with Gasteiger partial charge >= 0.3 is 12.1 Å². The maximum absolute atomic E-state index is 11.5. The molecule has 2 rings (SSSR count). The number of hydrogen-bond donors (Lipinski definition) is 2. The zero-order valence-electron chi connectivity index (χ0n) is 10.3. The summed E-state index contributed by atoms with van der Waals surface area (Å²) in [5.41, 5.74) is 0. The van der Waals surface area contributed by atoms with E-state index in [1.165, 1.54) is 6.08 Å². The highest BCUT2D eigenvalue weighted by Crippen LogP contribution is 2.44. The van der Waals surface area contributed by atoms with Gasteiger partial charge < -0.3 is 15.2 Å². The van der Waals surface area contributed by atoms with Crippen LogP contribution in [0.5, 0.6) is 0 Å². The Labute approximate surface area is 106 Å². The molecule has 0 aromatic carbocycles. The van der Waals surface area contributed by atoms with E-state index in [-0.39, 0.29) is 30.4 Å². The smallest absolute Gasteiger partial charge is 0.407 e. The van der Waals surface area contributed by atoms with Crippen molar-refractivity contribution in [3.63, 3.8) is 0 Å². The number of nitrogens with one attached hydrogen (secondary N) is 1. The van der Waals surface area contributed by atoms with Gasteiger partial charge in [-0.15, -0.1) is 0 Å². The third kappa shape index (κ3) is 2.66. The Kier molecular flexibility index (Phi) is 3.89. The summed E-state index contributed by atoms with van der Waals surface area (Å²) < 4.78 is 4.91. The van der Waals surface area contributed by atoms with Gasteiger partial charge in [-0.2, -0.15) is 0 Å². The van der Waals surface area contributed by atoms with E-state index in [0.29, 0.717) is 12.8 Å².